The molecule has 1 rings (SSSR count). The minimum atomic E-state index is -2.96. The van der Waals surface area contributed by atoms with Gasteiger partial charge in [0.05, 0.1) is 0 Å². The van der Waals surface area contributed by atoms with Crippen molar-refractivity contribution in [2.45, 2.75) is 38.8 Å². The van der Waals surface area contributed by atoms with E-state index in [9.17, 15) is 18.4 Å². The molecule has 0 saturated carbocycles. The number of carboxylic acid groups (broad SMARTS) is 1. The third kappa shape index (κ3) is 6.20. The highest BCUT2D eigenvalue weighted by molar-refractivity contribution is 5.95. The van der Waals surface area contributed by atoms with Crippen LogP contribution >= 0.6 is 0 Å². The van der Waals surface area contributed by atoms with E-state index in [0.29, 0.717) is 0 Å². The largest absolute Gasteiger partial charge is 0.481 e. The zero-order chi connectivity index (χ0) is 16.0. The van der Waals surface area contributed by atoms with Crippen LogP contribution in [0.15, 0.2) is 24.3 Å². The zero-order valence-electron chi connectivity index (χ0n) is 11.7. The number of aliphatic carboxylic acids is 1. The summed E-state index contributed by atoms with van der Waals surface area (Å²) in [6.45, 7) is 0.413. The van der Waals surface area contributed by atoms with Gasteiger partial charge in [-0.15, -0.1) is 0 Å². The van der Waals surface area contributed by atoms with Crippen molar-refractivity contribution in [3.05, 3.63) is 29.8 Å². The van der Waals surface area contributed by atoms with Crippen molar-refractivity contribution in [2.75, 3.05) is 0 Å². The van der Waals surface area contributed by atoms with E-state index in [4.69, 9.17) is 5.11 Å². The van der Waals surface area contributed by atoms with Crippen molar-refractivity contribution in [2.24, 2.45) is 0 Å². The summed E-state index contributed by atoms with van der Waals surface area (Å²) in [4.78, 5) is 22.6. The highest BCUT2D eigenvalue weighted by Gasteiger charge is 2.22. The molecule has 0 aliphatic rings. The summed E-state index contributed by atoms with van der Waals surface area (Å²) in [7, 11) is 0. The number of nitrogens with one attached hydrogen (secondary N) is 1. The number of ether oxygens (including phenoxy) is 1. The van der Waals surface area contributed by atoms with Gasteiger partial charge in [0.2, 0.25) is 0 Å². The summed E-state index contributed by atoms with van der Waals surface area (Å²) in [5.74, 6) is -1.55. The maximum absolute atomic E-state index is 12.1. The van der Waals surface area contributed by atoms with E-state index in [1.165, 1.54) is 24.3 Å². The van der Waals surface area contributed by atoms with Gasteiger partial charge in [0.15, 0.2) is 0 Å². The van der Waals surface area contributed by atoms with Gasteiger partial charge in [-0.3, -0.25) is 9.59 Å². The van der Waals surface area contributed by atoms with E-state index in [-0.39, 0.29) is 24.2 Å². The molecular weight excluding hydrogens is 284 g/mol. The van der Waals surface area contributed by atoms with Crippen LogP contribution < -0.4 is 10.1 Å². The number of carboxylic acids is 1. The van der Waals surface area contributed by atoms with E-state index < -0.39 is 24.0 Å². The Morgan fingerprint density at radius 1 is 1.38 bits per heavy atom. The summed E-state index contributed by atoms with van der Waals surface area (Å²) in [6, 6.07) is 5.41. The van der Waals surface area contributed by atoms with E-state index in [0.717, 1.165) is 0 Å². The van der Waals surface area contributed by atoms with Crippen LogP contribution in [0.3, 0.4) is 0 Å². The van der Waals surface area contributed by atoms with Crippen molar-refractivity contribution in [3.8, 4) is 5.75 Å². The molecule has 0 spiro atoms. The Kier molecular flexibility index (Phi) is 5.63. The van der Waals surface area contributed by atoms with Gasteiger partial charge in [-0.25, -0.2) is 0 Å². The third-order valence-electron chi connectivity index (χ3n) is 2.74. The van der Waals surface area contributed by atoms with Gasteiger partial charge in [0.1, 0.15) is 5.75 Å². The number of rotatable bonds is 7. The first-order chi connectivity index (χ1) is 9.69. The number of hydrogen-bond acceptors (Lipinski definition) is 3. The van der Waals surface area contributed by atoms with Crippen LogP contribution in [0.2, 0.25) is 0 Å². The van der Waals surface area contributed by atoms with Gasteiger partial charge in [0, 0.05) is 17.5 Å². The highest BCUT2D eigenvalue weighted by Crippen LogP contribution is 2.18. The Morgan fingerprint density at radius 3 is 2.62 bits per heavy atom. The van der Waals surface area contributed by atoms with E-state index in [2.05, 4.69) is 10.1 Å². The van der Waals surface area contributed by atoms with Gasteiger partial charge in [-0.2, -0.15) is 8.78 Å². The van der Waals surface area contributed by atoms with Crippen LogP contribution in [0.25, 0.3) is 0 Å². The number of amides is 1. The zero-order valence-corrected chi connectivity index (χ0v) is 11.7. The number of alkyl halides is 2. The van der Waals surface area contributed by atoms with Crippen LogP contribution in [0.4, 0.5) is 8.78 Å². The fourth-order valence-electron chi connectivity index (χ4n) is 1.67. The minimum Gasteiger partial charge on any atom is -0.481 e. The van der Waals surface area contributed by atoms with E-state index in [1.54, 1.807) is 13.8 Å². The second-order valence-electron chi connectivity index (χ2n) is 5.14. The second-order valence-corrected chi connectivity index (χ2v) is 5.14. The smallest absolute Gasteiger partial charge is 0.387 e. The van der Waals surface area contributed by atoms with Crippen molar-refractivity contribution in [1.82, 2.24) is 5.32 Å². The molecule has 0 heterocycles. The Bertz CT molecular complexity index is 517. The summed E-state index contributed by atoms with van der Waals surface area (Å²) in [5, 5.41) is 11.3. The molecule has 1 amide bonds. The molecule has 1 aromatic rings. The molecule has 2 N–H and O–H groups in total. The number of hydrogen-bond donors (Lipinski definition) is 2. The van der Waals surface area contributed by atoms with Crippen LogP contribution in [0.5, 0.6) is 5.75 Å². The molecule has 0 unspecified atom stereocenters. The lowest BCUT2D eigenvalue weighted by atomic mass is 9.97. The Balaban J connectivity index is 2.72. The van der Waals surface area contributed by atoms with Crippen LogP contribution in [0.1, 0.15) is 37.0 Å². The fourth-order valence-corrected chi connectivity index (χ4v) is 1.67. The van der Waals surface area contributed by atoms with Gasteiger partial charge in [-0.05, 0) is 38.5 Å². The molecular formula is C14H17F2NO4. The number of halogens is 2. The fraction of sp³-hybridized carbons (Fsp3) is 0.429. The first kappa shape index (κ1) is 16.9. The molecule has 7 heteroatoms. The average Bonchev–Trinajstić information content (AvgIpc) is 2.35. The number of carbonyl (C=O) groups is 2. The molecule has 0 aliphatic heterocycles. The molecule has 116 valence electrons. The summed E-state index contributed by atoms with van der Waals surface area (Å²) in [6.07, 6.45) is 0.170. The Labute approximate surface area is 120 Å². The summed E-state index contributed by atoms with van der Waals surface area (Å²) < 4.78 is 28.5. The average molecular weight is 301 g/mol. The molecule has 1 aromatic carbocycles. The first-order valence-corrected chi connectivity index (χ1v) is 6.29. The van der Waals surface area contributed by atoms with Crippen LogP contribution in [-0.4, -0.2) is 29.1 Å². The molecule has 0 radical (unpaired) electrons. The molecule has 21 heavy (non-hydrogen) atoms. The predicted octanol–water partition coefficient (Wildman–Crippen LogP) is 2.66. The molecule has 0 aliphatic carbocycles. The van der Waals surface area contributed by atoms with E-state index in [1.807, 2.05) is 0 Å². The molecule has 5 nitrogen and oxygen atoms in total. The molecule has 0 aromatic heterocycles. The van der Waals surface area contributed by atoms with Gasteiger partial charge < -0.3 is 15.2 Å². The maximum atomic E-state index is 12.1. The third-order valence-corrected chi connectivity index (χ3v) is 2.74. The number of benzene rings is 1. The molecule has 0 saturated heterocycles. The lowest BCUT2D eigenvalue weighted by Gasteiger charge is -2.25. The van der Waals surface area contributed by atoms with Crippen LogP contribution in [0, 0.1) is 0 Å². The monoisotopic (exact) mass is 301 g/mol. The quantitative estimate of drug-likeness (QED) is 0.812. The second kappa shape index (κ2) is 7.01. The van der Waals surface area contributed by atoms with Crippen molar-refractivity contribution >= 4 is 11.9 Å². The van der Waals surface area contributed by atoms with Gasteiger partial charge in [-0.1, -0.05) is 6.07 Å². The lowest BCUT2D eigenvalue weighted by molar-refractivity contribution is -0.137. The predicted molar refractivity (Wildman–Crippen MR) is 71.5 cm³/mol. The van der Waals surface area contributed by atoms with Gasteiger partial charge in [0.25, 0.3) is 5.91 Å². The van der Waals surface area contributed by atoms with Crippen LogP contribution in [-0.2, 0) is 4.79 Å². The van der Waals surface area contributed by atoms with Crippen molar-refractivity contribution < 1.29 is 28.2 Å². The normalized spacial score (nSPS) is 11.3. The minimum absolute atomic E-state index is 0.0815. The lowest BCUT2D eigenvalue weighted by Crippen LogP contribution is -2.43. The standard InChI is InChI=1S/C14H17F2NO4/c1-14(2,7-6-11(18)19)17-12(20)9-4-3-5-10(8-9)21-13(15)16/h3-5,8,13H,6-7H2,1-2H3,(H,17,20)(H,18,19). The summed E-state index contributed by atoms with van der Waals surface area (Å²) >= 11 is 0. The van der Waals surface area contributed by atoms with Crippen molar-refractivity contribution in [3.63, 3.8) is 0 Å². The molecule has 0 atom stereocenters. The SMILES string of the molecule is CC(C)(CCC(=O)O)NC(=O)c1cccc(OC(F)F)c1. The van der Waals surface area contributed by atoms with E-state index >= 15 is 0 Å². The first-order valence-electron chi connectivity index (χ1n) is 6.29. The molecule has 0 fully saturated rings. The number of carbonyl (C=O) groups excluding carboxylic acids is 1. The summed E-state index contributed by atoms with van der Waals surface area (Å²) in [5.41, 5.74) is -0.564. The Hall–Kier alpha value is -2.18. The Morgan fingerprint density at radius 2 is 2.05 bits per heavy atom. The van der Waals surface area contributed by atoms with Crippen molar-refractivity contribution in [1.29, 1.82) is 0 Å². The molecule has 0 bridgehead atoms. The maximum Gasteiger partial charge on any atom is 0.387 e. The highest BCUT2D eigenvalue weighted by atomic mass is 19.3. The van der Waals surface area contributed by atoms with Gasteiger partial charge >= 0.3 is 12.6 Å². The topological polar surface area (TPSA) is 75.6 Å².